The van der Waals surface area contributed by atoms with Crippen LogP contribution < -0.4 is 10.1 Å². The van der Waals surface area contributed by atoms with E-state index in [-0.39, 0.29) is 0 Å². The van der Waals surface area contributed by atoms with Crippen molar-refractivity contribution >= 4 is 0 Å². The molecule has 1 atom stereocenters. The lowest BCUT2D eigenvalue weighted by Gasteiger charge is -2.15. The van der Waals surface area contributed by atoms with E-state index in [2.05, 4.69) is 35.3 Å². The molecule has 1 N–H and O–H groups in total. The summed E-state index contributed by atoms with van der Waals surface area (Å²) in [5.74, 6) is 1.82. The molecule has 0 aromatic heterocycles. The topological polar surface area (TPSA) is 24.5 Å². The maximum atomic E-state index is 5.65. The molecule has 1 fully saturated rings. The van der Waals surface area contributed by atoms with Gasteiger partial charge in [-0.15, -0.1) is 0 Å². The minimum atomic E-state index is 0.727. The Balaban J connectivity index is 1.76. The number of rotatable bonds is 7. The molecule has 19 heavy (non-hydrogen) atoms. The van der Waals surface area contributed by atoms with E-state index < -0.39 is 0 Å². The molecule has 1 unspecified atom stereocenters. The van der Waals surface area contributed by atoms with Gasteiger partial charge in [0.05, 0.1) is 6.61 Å². The number of hydrogen-bond donors (Lipinski definition) is 1. The fourth-order valence-electron chi connectivity index (χ4n) is 2.72. The molecule has 1 saturated heterocycles. The summed E-state index contributed by atoms with van der Waals surface area (Å²) in [6.45, 7) is 10.7. The first-order valence-electron chi connectivity index (χ1n) is 7.47. The van der Waals surface area contributed by atoms with Crippen LogP contribution in [-0.4, -0.2) is 37.7 Å². The highest BCUT2D eigenvalue weighted by Crippen LogP contribution is 2.18. The van der Waals surface area contributed by atoms with Gasteiger partial charge in [-0.25, -0.2) is 0 Å². The van der Waals surface area contributed by atoms with Crippen molar-refractivity contribution in [3.8, 4) is 5.75 Å². The third-order valence-electron chi connectivity index (χ3n) is 3.84. The minimum absolute atomic E-state index is 0.727. The average Bonchev–Trinajstić information content (AvgIpc) is 2.89. The maximum absolute atomic E-state index is 5.65. The molecule has 3 heteroatoms. The number of nitrogens with one attached hydrogen (secondary N) is 1. The first-order chi connectivity index (χ1) is 9.33. The number of nitrogens with zero attached hydrogens (tertiary/aromatic N) is 1. The van der Waals surface area contributed by atoms with E-state index in [1.807, 2.05) is 13.0 Å². The molecule has 1 aromatic rings. The standard InChI is InChI=1S/C16H26N2O/c1-3-18-10-9-14(13-18)11-17-12-15-7-5-6-8-16(15)19-4-2/h5-8,14,17H,3-4,9-13H2,1-2H3. The quantitative estimate of drug-likeness (QED) is 0.817. The Bertz CT molecular complexity index is 381. The van der Waals surface area contributed by atoms with Gasteiger partial charge in [-0.3, -0.25) is 0 Å². The van der Waals surface area contributed by atoms with Crippen LogP contribution in [0.3, 0.4) is 0 Å². The Morgan fingerprint density at radius 2 is 2.16 bits per heavy atom. The molecule has 0 aliphatic carbocycles. The van der Waals surface area contributed by atoms with Crippen molar-refractivity contribution in [1.82, 2.24) is 10.2 Å². The second-order valence-electron chi connectivity index (χ2n) is 5.22. The minimum Gasteiger partial charge on any atom is -0.494 e. The van der Waals surface area contributed by atoms with Crippen LogP contribution in [0.1, 0.15) is 25.8 Å². The van der Waals surface area contributed by atoms with Crippen molar-refractivity contribution in [2.45, 2.75) is 26.8 Å². The Morgan fingerprint density at radius 3 is 2.89 bits per heavy atom. The summed E-state index contributed by atoms with van der Waals surface area (Å²) in [7, 11) is 0. The molecule has 0 saturated carbocycles. The summed E-state index contributed by atoms with van der Waals surface area (Å²) in [6, 6.07) is 8.30. The summed E-state index contributed by atoms with van der Waals surface area (Å²) in [6.07, 6.45) is 1.33. The maximum Gasteiger partial charge on any atom is 0.123 e. The molecule has 1 aromatic carbocycles. The molecule has 0 amide bonds. The lowest BCUT2D eigenvalue weighted by molar-refractivity contribution is 0.332. The first-order valence-corrected chi connectivity index (χ1v) is 7.47. The van der Waals surface area contributed by atoms with Gasteiger partial charge in [-0.05, 0) is 45.0 Å². The van der Waals surface area contributed by atoms with E-state index in [9.17, 15) is 0 Å². The summed E-state index contributed by atoms with van der Waals surface area (Å²) in [5.41, 5.74) is 1.26. The fourth-order valence-corrected chi connectivity index (χ4v) is 2.72. The van der Waals surface area contributed by atoms with Gasteiger partial charge in [0.2, 0.25) is 0 Å². The molecule has 106 valence electrons. The SMILES string of the molecule is CCOc1ccccc1CNCC1CCN(CC)C1. The van der Waals surface area contributed by atoms with Gasteiger partial charge in [-0.1, -0.05) is 25.1 Å². The normalized spacial score (nSPS) is 19.8. The average molecular weight is 262 g/mol. The van der Waals surface area contributed by atoms with Gasteiger partial charge in [0, 0.05) is 18.7 Å². The number of para-hydroxylation sites is 1. The molecule has 0 spiro atoms. The molecule has 0 radical (unpaired) electrons. The van der Waals surface area contributed by atoms with Crippen LogP contribution in [-0.2, 0) is 6.54 Å². The van der Waals surface area contributed by atoms with Crippen molar-refractivity contribution in [2.24, 2.45) is 5.92 Å². The number of benzene rings is 1. The third kappa shape index (κ3) is 4.22. The summed E-state index contributed by atoms with van der Waals surface area (Å²) >= 11 is 0. The molecule has 3 nitrogen and oxygen atoms in total. The van der Waals surface area contributed by atoms with E-state index in [1.165, 1.54) is 31.6 Å². The van der Waals surface area contributed by atoms with Crippen LogP contribution in [0, 0.1) is 5.92 Å². The summed E-state index contributed by atoms with van der Waals surface area (Å²) < 4.78 is 5.65. The van der Waals surface area contributed by atoms with Crippen LogP contribution in [0.5, 0.6) is 5.75 Å². The zero-order chi connectivity index (χ0) is 13.5. The van der Waals surface area contributed by atoms with Gasteiger partial charge in [-0.2, -0.15) is 0 Å². The Hall–Kier alpha value is -1.06. The second kappa shape index (κ2) is 7.51. The molecule has 1 aliphatic heterocycles. The Kier molecular flexibility index (Phi) is 5.67. The fraction of sp³-hybridized carbons (Fsp3) is 0.625. The largest absolute Gasteiger partial charge is 0.494 e. The molecule has 1 heterocycles. The summed E-state index contributed by atoms with van der Waals surface area (Å²) in [5, 5.41) is 3.58. The van der Waals surface area contributed by atoms with Crippen LogP contribution in [0.25, 0.3) is 0 Å². The van der Waals surface area contributed by atoms with Gasteiger partial charge >= 0.3 is 0 Å². The summed E-state index contributed by atoms with van der Waals surface area (Å²) in [4.78, 5) is 2.53. The molecular weight excluding hydrogens is 236 g/mol. The van der Waals surface area contributed by atoms with E-state index in [0.717, 1.165) is 31.4 Å². The van der Waals surface area contributed by atoms with Gasteiger partial charge in [0.15, 0.2) is 0 Å². The van der Waals surface area contributed by atoms with Crippen LogP contribution in [0.4, 0.5) is 0 Å². The highest BCUT2D eigenvalue weighted by Gasteiger charge is 2.20. The number of likely N-dealkylation sites (tertiary alicyclic amines) is 1. The zero-order valence-corrected chi connectivity index (χ0v) is 12.2. The van der Waals surface area contributed by atoms with Crippen LogP contribution in [0.15, 0.2) is 24.3 Å². The predicted octanol–water partition coefficient (Wildman–Crippen LogP) is 2.52. The van der Waals surface area contributed by atoms with Gasteiger partial charge in [0.1, 0.15) is 5.75 Å². The molecule has 0 bridgehead atoms. The van der Waals surface area contributed by atoms with Gasteiger partial charge < -0.3 is 15.0 Å². The van der Waals surface area contributed by atoms with Crippen molar-refractivity contribution in [2.75, 3.05) is 32.8 Å². The lowest BCUT2D eigenvalue weighted by atomic mass is 10.1. The number of hydrogen-bond acceptors (Lipinski definition) is 3. The Labute approximate surface area is 116 Å². The first kappa shape index (κ1) is 14.4. The van der Waals surface area contributed by atoms with Gasteiger partial charge in [0.25, 0.3) is 0 Å². The monoisotopic (exact) mass is 262 g/mol. The van der Waals surface area contributed by atoms with Crippen molar-refractivity contribution in [3.05, 3.63) is 29.8 Å². The smallest absolute Gasteiger partial charge is 0.123 e. The Morgan fingerprint density at radius 1 is 1.32 bits per heavy atom. The number of ether oxygens (including phenoxy) is 1. The van der Waals surface area contributed by atoms with Crippen LogP contribution >= 0.6 is 0 Å². The zero-order valence-electron chi connectivity index (χ0n) is 12.2. The highest BCUT2D eigenvalue weighted by atomic mass is 16.5. The van der Waals surface area contributed by atoms with Crippen molar-refractivity contribution in [3.63, 3.8) is 0 Å². The molecule has 2 rings (SSSR count). The van der Waals surface area contributed by atoms with E-state index in [0.29, 0.717) is 0 Å². The van der Waals surface area contributed by atoms with Crippen molar-refractivity contribution in [1.29, 1.82) is 0 Å². The molecule has 1 aliphatic rings. The van der Waals surface area contributed by atoms with E-state index in [4.69, 9.17) is 4.74 Å². The van der Waals surface area contributed by atoms with Crippen molar-refractivity contribution < 1.29 is 4.74 Å². The predicted molar refractivity (Wildman–Crippen MR) is 79.5 cm³/mol. The van der Waals surface area contributed by atoms with E-state index >= 15 is 0 Å². The van der Waals surface area contributed by atoms with E-state index in [1.54, 1.807) is 0 Å². The molecular formula is C16H26N2O. The third-order valence-corrected chi connectivity index (χ3v) is 3.84. The lowest BCUT2D eigenvalue weighted by Crippen LogP contribution is -2.26. The second-order valence-corrected chi connectivity index (χ2v) is 5.22. The highest BCUT2D eigenvalue weighted by molar-refractivity contribution is 5.33. The van der Waals surface area contributed by atoms with Crippen LogP contribution in [0.2, 0.25) is 0 Å².